The predicted molar refractivity (Wildman–Crippen MR) is 108 cm³/mol. The Bertz CT molecular complexity index is 1110. The molecular weight excluding hydrogens is 355 g/mol. The molecule has 4 aromatic rings. The van der Waals surface area contributed by atoms with Gasteiger partial charge in [-0.1, -0.05) is 18.2 Å². The van der Waals surface area contributed by atoms with E-state index in [9.17, 15) is 4.39 Å². The second-order valence-corrected chi connectivity index (χ2v) is 6.49. The number of aryl methyl sites for hydroxylation is 2. The van der Waals surface area contributed by atoms with Crippen LogP contribution in [0.5, 0.6) is 0 Å². The van der Waals surface area contributed by atoms with Crippen LogP contribution in [0.4, 0.5) is 27.4 Å². The number of para-hydroxylation sites is 1. The molecule has 0 spiro atoms. The van der Waals surface area contributed by atoms with Crippen molar-refractivity contribution >= 4 is 23.0 Å². The van der Waals surface area contributed by atoms with Crippen LogP contribution in [0.1, 0.15) is 11.1 Å². The molecule has 0 amide bonds. The Morgan fingerprint density at radius 2 is 1.75 bits per heavy atom. The first kappa shape index (κ1) is 17.7. The van der Waals surface area contributed by atoms with Crippen molar-refractivity contribution in [1.82, 2.24) is 19.7 Å². The minimum Gasteiger partial charge on any atom is -0.339 e. The van der Waals surface area contributed by atoms with Gasteiger partial charge in [0.2, 0.25) is 0 Å². The highest BCUT2D eigenvalue weighted by Crippen LogP contribution is 2.24. The fourth-order valence-electron chi connectivity index (χ4n) is 2.81. The Balaban J connectivity index is 1.63. The Labute approximate surface area is 162 Å². The van der Waals surface area contributed by atoms with Crippen LogP contribution in [0.2, 0.25) is 0 Å². The van der Waals surface area contributed by atoms with E-state index in [4.69, 9.17) is 0 Å². The Hall–Kier alpha value is -3.74. The van der Waals surface area contributed by atoms with E-state index in [2.05, 4.69) is 25.7 Å². The summed E-state index contributed by atoms with van der Waals surface area (Å²) in [7, 11) is 0. The lowest BCUT2D eigenvalue weighted by molar-refractivity contribution is 0.605. The summed E-state index contributed by atoms with van der Waals surface area (Å²) in [5.74, 6) is 0.719. The third-order valence-electron chi connectivity index (χ3n) is 4.16. The van der Waals surface area contributed by atoms with E-state index in [0.29, 0.717) is 17.3 Å². The van der Waals surface area contributed by atoms with Gasteiger partial charge in [-0.15, -0.1) is 5.10 Å². The molecule has 7 heteroatoms. The molecule has 6 nitrogen and oxygen atoms in total. The van der Waals surface area contributed by atoms with Crippen molar-refractivity contribution in [3.05, 3.63) is 84.2 Å². The van der Waals surface area contributed by atoms with E-state index in [1.165, 1.54) is 10.9 Å². The van der Waals surface area contributed by atoms with E-state index >= 15 is 0 Å². The summed E-state index contributed by atoms with van der Waals surface area (Å²) in [5.41, 5.74) is 3.93. The van der Waals surface area contributed by atoms with Crippen LogP contribution in [-0.4, -0.2) is 19.7 Å². The summed E-state index contributed by atoms with van der Waals surface area (Å²) in [4.78, 5) is 8.26. The van der Waals surface area contributed by atoms with Crippen LogP contribution < -0.4 is 10.6 Å². The van der Waals surface area contributed by atoms with Crippen molar-refractivity contribution in [2.24, 2.45) is 0 Å². The molecule has 0 fully saturated rings. The molecule has 0 radical (unpaired) electrons. The van der Waals surface area contributed by atoms with Gasteiger partial charge in [-0.3, -0.25) is 4.98 Å². The number of aromatic nitrogens is 4. The summed E-state index contributed by atoms with van der Waals surface area (Å²) in [6, 6.07) is 13.3. The van der Waals surface area contributed by atoms with Crippen LogP contribution in [-0.2, 0) is 0 Å². The second-order valence-electron chi connectivity index (χ2n) is 6.49. The van der Waals surface area contributed by atoms with Gasteiger partial charge in [-0.25, -0.2) is 14.1 Å². The molecule has 4 rings (SSSR count). The molecule has 0 aliphatic rings. The average Bonchev–Trinajstić information content (AvgIpc) is 3.04. The normalized spacial score (nSPS) is 10.7. The first-order chi connectivity index (χ1) is 13.6. The number of nitrogens with zero attached hydrogens (tertiary/aromatic N) is 4. The number of hydrogen-bond donors (Lipinski definition) is 2. The number of benzene rings is 1. The third-order valence-corrected chi connectivity index (χ3v) is 4.16. The molecule has 140 valence electrons. The lowest BCUT2D eigenvalue weighted by atomic mass is 10.3. The average molecular weight is 374 g/mol. The minimum atomic E-state index is -0.457. The number of hydrogen-bond acceptors (Lipinski definition) is 5. The summed E-state index contributed by atoms with van der Waals surface area (Å²) < 4.78 is 16.0. The van der Waals surface area contributed by atoms with Gasteiger partial charge < -0.3 is 10.6 Å². The molecule has 1 aromatic carbocycles. The van der Waals surface area contributed by atoms with Crippen molar-refractivity contribution in [3.8, 4) is 5.69 Å². The van der Waals surface area contributed by atoms with Crippen molar-refractivity contribution in [2.45, 2.75) is 13.8 Å². The molecule has 0 atom stereocenters. The zero-order valence-corrected chi connectivity index (χ0v) is 15.5. The summed E-state index contributed by atoms with van der Waals surface area (Å²) >= 11 is 0. The quantitative estimate of drug-likeness (QED) is 0.520. The molecule has 0 saturated heterocycles. The largest absolute Gasteiger partial charge is 0.339 e. The first-order valence-electron chi connectivity index (χ1n) is 8.81. The number of rotatable bonds is 5. The minimum absolute atomic E-state index is 0.308. The van der Waals surface area contributed by atoms with Gasteiger partial charge in [-0.05, 0) is 37.6 Å². The molecule has 0 unspecified atom stereocenters. The van der Waals surface area contributed by atoms with Gasteiger partial charge in [0.05, 0.1) is 18.1 Å². The monoisotopic (exact) mass is 374 g/mol. The first-order valence-corrected chi connectivity index (χ1v) is 8.81. The SMILES string of the molecule is Cc1cncc(Nc2cc(-n3cc(C)c(Nc4ccccc4)n3)c(F)cn2)c1. The third kappa shape index (κ3) is 3.83. The van der Waals surface area contributed by atoms with E-state index in [1.54, 1.807) is 24.7 Å². The van der Waals surface area contributed by atoms with Gasteiger partial charge >= 0.3 is 0 Å². The number of halogens is 1. The molecule has 3 aromatic heterocycles. The van der Waals surface area contributed by atoms with Crippen molar-refractivity contribution in [1.29, 1.82) is 0 Å². The number of pyridine rings is 2. The fourth-order valence-corrected chi connectivity index (χ4v) is 2.81. The molecular formula is C21H19FN6. The lowest BCUT2D eigenvalue weighted by Crippen LogP contribution is -2.03. The Kier molecular flexibility index (Phi) is 4.72. The van der Waals surface area contributed by atoms with Crippen molar-refractivity contribution in [2.75, 3.05) is 10.6 Å². The maximum atomic E-state index is 14.4. The smallest absolute Gasteiger partial charge is 0.167 e. The highest BCUT2D eigenvalue weighted by Gasteiger charge is 2.12. The maximum absolute atomic E-state index is 14.4. The summed E-state index contributed by atoms with van der Waals surface area (Å²) in [6.45, 7) is 3.88. The van der Waals surface area contributed by atoms with Gasteiger partial charge in [0, 0.05) is 29.7 Å². The van der Waals surface area contributed by atoms with E-state index in [-0.39, 0.29) is 0 Å². The standard InChI is InChI=1S/C21H19FN6/c1-14-8-17(11-23-10-14)25-20-9-19(18(22)12-24-20)28-13-15(2)21(27-28)26-16-6-4-3-5-7-16/h3-13H,1-2H3,(H,24,25)(H,26,27). The fraction of sp³-hybridized carbons (Fsp3) is 0.0952. The summed E-state index contributed by atoms with van der Waals surface area (Å²) in [6.07, 6.45) is 6.42. The van der Waals surface area contributed by atoms with Crippen LogP contribution >= 0.6 is 0 Å². The Morgan fingerprint density at radius 1 is 0.929 bits per heavy atom. The molecule has 0 aliphatic carbocycles. The number of nitrogens with one attached hydrogen (secondary N) is 2. The Morgan fingerprint density at radius 3 is 2.54 bits per heavy atom. The van der Waals surface area contributed by atoms with Crippen LogP contribution in [0.25, 0.3) is 5.69 Å². The van der Waals surface area contributed by atoms with E-state index in [0.717, 1.165) is 22.5 Å². The highest BCUT2D eigenvalue weighted by molar-refractivity contribution is 5.61. The van der Waals surface area contributed by atoms with E-state index in [1.807, 2.05) is 50.2 Å². The van der Waals surface area contributed by atoms with Gasteiger partial charge in [0.25, 0.3) is 0 Å². The maximum Gasteiger partial charge on any atom is 0.167 e. The lowest BCUT2D eigenvalue weighted by Gasteiger charge is -2.09. The van der Waals surface area contributed by atoms with E-state index < -0.39 is 5.82 Å². The van der Waals surface area contributed by atoms with Crippen LogP contribution in [0, 0.1) is 19.7 Å². The molecule has 0 aliphatic heterocycles. The van der Waals surface area contributed by atoms with Crippen LogP contribution in [0.3, 0.4) is 0 Å². The van der Waals surface area contributed by atoms with Crippen molar-refractivity contribution in [3.63, 3.8) is 0 Å². The topological polar surface area (TPSA) is 67.7 Å². The molecule has 0 bridgehead atoms. The second kappa shape index (κ2) is 7.48. The number of anilines is 4. The predicted octanol–water partition coefficient (Wildman–Crippen LogP) is 4.91. The molecule has 0 saturated carbocycles. The van der Waals surface area contributed by atoms with Gasteiger partial charge in [0.1, 0.15) is 11.5 Å². The van der Waals surface area contributed by atoms with Crippen molar-refractivity contribution < 1.29 is 4.39 Å². The zero-order valence-electron chi connectivity index (χ0n) is 15.5. The van der Waals surface area contributed by atoms with Gasteiger partial charge in [-0.2, -0.15) is 0 Å². The molecule has 28 heavy (non-hydrogen) atoms. The molecule has 3 heterocycles. The molecule has 2 N–H and O–H groups in total. The zero-order chi connectivity index (χ0) is 19.5. The van der Waals surface area contributed by atoms with Gasteiger partial charge in [0.15, 0.2) is 11.6 Å². The summed E-state index contributed by atoms with van der Waals surface area (Å²) in [5, 5.41) is 10.9. The van der Waals surface area contributed by atoms with Crippen LogP contribution in [0.15, 0.2) is 67.3 Å². The highest BCUT2D eigenvalue weighted by atomic mass is 19.1.